The molecular formula is C14H21NS. The molecule has 1 fully saturated rings. The van der Waals surface area contributed by atoms with Crippen molar-refractivity contribution >= 4 is 11.9 Å². The SMILES string of the molecule is CC(C)c1ccc(SN2CCCCC2)cc1. The van der Waals surface area contributed by atoms with E-state index in [0.29, 0.717) is 5.92 Å². The van der Waals surface area contributed by atoms with Crippen LogP contribution in [-0.2, 0) is 0 Å². The van der Waals surface area contributed by atoms with Crippen molar-refractivity contribution in [3.63, 3.8) is 0 Å². The van der Waals surface area contributed by atoms with Gasteiger partial charge in [0.1, 0.15) is 0 Å². The van der Waals surface area contributed by atoms with E-state index in [0.717, 1.165) is 0 Å². The summed E-state index contributed by atoms with van der Waals surface area (Å²) < 4.78 is 2.49. The Morgan fingerprint density at radius 2 is 1.62 bits per heavy atom. The molecular weight excluding hydrogens is 214 g/mol. The quantitative estimate of drug-likeness (QED) is 0.718. The van der Waals surface area contributed by atoms with Crippen LogP contribution < -0.4 is 0 Å². The van der Waals surface area contributed by atoms with Crippen molar-refractivity contribution in [2.45, 2.75) is 43.9 Å². The summed E-state index contributed by atoms with van der Waals surface area (Å²) >= 11 is 1.92. The van der Waals surface area contributed by atoms with E-state index in [1.54, 1.807) is 0 Å². The van der Waals surface area contributed by atoms with E-state index in [2.05, 4.69) is 42.4 Å². The largest absolute Gasteiger partial charge is 0.246 e. The van der Waals surface area contributed by atoms with Gasteiger partial charge in [-0.3, -0.25) is 0 Å². The van der Waals surface area contributed by atoms with Crippen LogP contribution in [0.25, 0.3) is 0 Å². The number of hydrogen-bond acceptors (Lipinski definition) is 2. The molecule has 1 aromatic rings. The molecule has 0 radical (unpaired) electrons. The van der Waals surface area contributed by atoms with Gasteiger partial charge in [-0.25, -0.2) is 4.31 Å². The van der Waals surface area contributed by atoms with E-state index in [1.165, 1.54) is 42.8 Å². The third kappa shape index (κ3) is 3.26. The van der Waals surface area contributed by atoms with E-state index in [-0.39, 0.29) is 0 Å². The summed E-state index contributed by atoms with van der Waals surface area (Å²) in [5.74, 6) is 0.633. The Hall–Kier alpha value is -0.470. The lowest BCUT2D eigenvalue weighted by atomic mass is 10.0. The Labute approximate surface area is 103 Å². The van der Waals surface area contributed by atoms with Crippen LogP contribution in [0.1, 0.15) is 44.6 Å². The second kappa shape index (κ2) is 5.74. The van der Waals surface area contributed by atoms with Gasteiger partial charge < -0.3 is 0 Å². The summed E-state index contributed by atoms with van der Waals surface area (Å²) in [4.78, 5) is 1.38. The van der Waals surface area contributed by atoms with Crippen LogP contribution in [0.15, 0.2) is 29.2 Å². The molecule has 0 amide bonds. The van der Waals surface area contributed by atoms with Crippen molar-refractivity contribution in [1.82, 2.24) is 4.31 Å². The summed E-state index contributed by atoms with van der Waals surface area (Å²) in [6.07, 6.45) is 4.12. The minimum absolute atomic E-state index is 0.633. The zero-order valence-electron chi connectivity index (χ0n) is 10.3. The lowest BCUT2D eigenvalue weighted by Gasteiger charge is -2.25. The molecule has 0 aromatic heterocycles. The summed E-state index contributed by atoms with van der Waals surface area (Å²) in [7, 11) is 0. The number of benzene rings is 1. The van der Waals surface area contributed by atoms with Crippen LogP contribution >= 0.6 is 11.9 Å². The monoisotopic (exact) mass is 235 g/mol. The molecule has 0 bridgehead atoms. The molecule has 1 aliphatic rings. The van der Waals surface area contributed by atoms with Crippen LogP contribution in [0.4, 0.5) is 0 Å². The second-order valence-electron chi connectivity index (χ2n) is 4.80. The van der Waals surface area contributed by atoms with Gasteiger partial charge in [0.05, 0.1) is 0 Å². The molecule has 0 saturated carbocycles. The highest BCUT2D eigenvalue weighted by atomic mass is 32.2. The maximum Gasteiger partial charge on any atom is 0.0230 e. The smallest absolute Gasteiger partial charge is 0.0230 e. The Kier molecular flexibility index (Phi) is 4.30. The van der Waals surface area contributed by atoms with E-state index in [1.807, 2.05) is 11.9 Å². The standard InChI is InChI=1S/C14H21NS/c1-12(2)13-6-8-14(9-7-13)16-15-10-4-3-5-11-15/h6-9,12H,3-5,10-11H2,1-2H3. The first-order valence-electron chi connectivity index (χ1n) is 6.28. The average Bonchev–Trinajstić information content (AvgIpc) is 2.31. The molecule has 0 spiro atoms. The van der Waals surface area contributed by atoms with Crippen molar-refractivity contribution < 1.29 is 0 Å². The van der Waals surface area contributed by atoms with Crippen LogP contribution in [-0.4, -0.2) is 17.4 Å². The van der Waals surface area contributed by atoms with Gasteiger partial charge in [-0.15, -0.1) is 0 Å². The molecule has 16 heavy (non-hydrogen) atoms. The van der Waals surface area contributed by atoms with Gasteiger partial charge in [0, 0.05) is 18.0 Å². The Morgan fingerprint density at radius 1 is 1.00 bits per heavy atom. The molecule has 1 heterocycles. The number of hydrogen-bond donors (Lipinski definition) is 0. The van der Waals surface area contributed by atoms with Crippen molar-refractivity contribution in [3.8, 4) is 0 Å². The lowest BCUT2D eigenvalue weighted by molar-refractivity contribution is 0.380. The van der Waals surface area contributed by atoms with E-state index < -0.39 is 0 Å². The Morgan fingerprint density at radius 3 is 2.19 bits per heavy atom. The fourth-order valence-electron chi connectivity index (χ4n) is 2.02. The van der Waals surface area contributed by atoms with Gasteiger partial charge >= 0.3 is 0 Å². The third-order valence-corrected chi connectivity index (χ3v) is 4.20. The summed E-state index contributed by atoms with van der Waals surface area (Å²) in [6, 6.07) is 9.04. The molecule has 88 valence electrons. The van der Waals surface area contributed by atoms with Gasteiger partial charge in [-0.1, -0.05) is 32.4 Å². The van der Waals surface area contributed by atoms with Gasteiger partial charge in [0.2, 0.25) is 0 Å². The predicted octanol–water partition coefficient (Wildman–Crippen LogP) is 4.30. The topological polar surface area (TPSA) is 3.24 Å². The van der Waals surface area contributed by atoms with Crippen molar-refractivity contribution in [1.29, 1.82) is 0 Å². The van der Waals surface area contributed by atoms with Crippen molar-refractivity contribution in [2.75, 3.05) is 13.1 Å². The van der Waals surface area contributed by atoms with Crippen LogP contribution in [0.5, 0.6) is 0 Å². The molecule has 2 rings (SSSR count). The maximum absolute atomic E-state index is 2.49. The van der Waals surface area contributed by atoms with Gasteiger partial charge in [0.15, 0.2) is 0 Å². The fraction of sp³-hybridized carbons (Fsp3) is 0.571. The van der Waals surface area contributed by atoms with Crippen molar-refractivity contribution in [2.24, 2.45) is 0 Å². The van der Waals surface area contributed by atoms with Crippen LogP contribution in [0.2, 0.25) is 0 Å². The molecule has 1 nitrogen and oxygen atoms in total. The zero-order chi connectivity index (χ0) is 11.4. The van der Waals surface area contributed by atoms with E-state index in [4.69, 9.17) is 0 Å². The normalized spacial score (nSPS) is 17.9. The number of piperidine rings is 1. The first kappa shape index (κ1) is 12.0. The molecule has 0 aliphatic carbocycles. The molecule has 1 aliphatic heterocycles. The highest BCUT2D eigenvalue weighted by Gasteiger charge is 2.11. The average molecular weight is 235 g/mol. The van der Waals surface area contributed by atoms with Crippen LogP contribution in [0, 0.1) is 0 Å². The summed E-state index contributed by atoms with van der Waals surface area (Å²) in [5, 5.41) is 0. The Balaban J connectivity index is 1.93. The number of nitrogens with zero attached hydrogens (tertiary/aromatic N) is 1. The molecule has 0 N–H and O–H groups in total. The second-order valence-corrected chi connectivity index (χ2v) is 5.98. The zero-order valence-corrected chi connectivity index (χ0v) is 11.1. The van der Waals surface area contributed by atoms with E-state index >= 15 is 0 Å². The van der Waals surface area contributed by atoms with Gasteiger partial charge in [-0.05, 0) is 48.4 Å². The first-order valence-corrected chi connectivity index (χ1v) is 7.06. The maximum atomic E-state index is 2.49. The van der Waals surface area contributed by atoms with Crippen LogP contribution in [0.3, 0.4) is 0 Å². The number of rotatable bonds is 3. The van der Waals surface area contributed by atoms with Gasteiger partial charge in [-0.2, -0.15) is 0 Å². The lowest BCUT2D eigenvalue weighted by Crippen LogP contribution is -2.22. The Bertz CT molecular complexity index is 312. The molecule has 1 saturated heterocycles. The summed E-state index contributed by atoms with van der Waals surface area (Å²) in [5.41, 5.74) is 1.43. The fourth-order valence-corrected chi connectivity index (χ4v) is 3.02. The predicted molar refractivity (Wildman–Crippen MR) is 71.8 cm³/mol. The van der Waals surface area contributed by atoms with E-state index in [9.17, 15) is 0 Å². The highest BCUT2D eigenvalue weighted by Crippen LogP contribution is 2.27. The molecule has 1 aromatic carbocycles. The summed E-state index contributed by atoms with van der Waals surface area (Å²) in [6.45, 7) is 6.98. The van der Waals surface area contributed by atoms with Crippen molar-refractivity contribution in [3.05, 3.63) is 29.8 Å². The molecule has 0 unspecified atom stereocenters. The minimum atomic E-state index is 0.633. The first-order chi connectivity index (χ1) is 7.75. The third-order valence-electron chi connectivity index (χ3n) is 3.10. The van der Waals surface area contributed by atoms with Gasteiger partial charge in [0.25, 0.3) is 0 Å². The molecule has 0 atom stereocenters. The minimum Gasteiger partial charge on any atom is -0.246 e. The highest BCUT2D eigenvalue weighted by molar-refractivity contribution is 7.97. The molecule has 2 heteroatoms.